The Hall–Kier alpha value is -0.870. The van der Waals surface area contributed by atoms with Crippen LogP contribution in [-0.4, -0.2) is 30.3 Å². The van der Waals surface area contributed by atoms with Gasteiger partial charge in [0, 0.05) is 6.61 Å². The molecule has 0 aromatic carbocycles. The van der Waals surface area contributed by atoms with E-state index in [1.54, 1.807) is 0 Å². The number of nitrogens with two attached hydrogens (primary N) is 1. The van der Waals surface area contributed by atoms with Crippen molar-refractivity contribution >= 4 is 5.97 Å². The molecule has 0 aromatic heterocycles. The lowest BCUT2D eigenvalue weighted by Crippen LogP contribution is -2.29. The Morgan fingerprint density at radius 2 is 2.00 bits per heavy atom. The van der Waals surface area contributed by atoms with Crippen molar-refractivity contribution < 1.29 is 14.6 Å². The second kappa shape index (κ2) is 12.2. The van der Waals surface area contributed by atoms with E-state index >= 15 is 0 Å². The minimum Gasteiger partial charge on any atom is -0.480 e. The van der Waals surface area contributed by atoms with Crippen LogP contribution in [0.3, 0.4) is 0 Å². The molecule has 0 aliphatic rings. The quantitative estimate of drug-likeness (QED) is 0.496. The SMILES string of the molecule is C=C(C)COCCCCC(N)C(=O)O.CC. The summed E-state index contributed by atoms with van der Waals surface area (Å²) in [6.45, 7) is 10.8. The first-order valence-corrected chi connectivity index (χ1v) is 5.74. The number of hydrogen-bond donors (Lipinski definition) is 2. The lowest BCUT2D eigenvalue weighted by atomic mass is 10.1. The highest BCUT2D eigenvalue weighted by Crippen LogP contribution is 2.00. The molecule has 16 heavy (non-hydrogen) atoms. The molecule has 96 valence electrons. The predicted molar refractivity (Wildman–Crippen MR) is 66.4 cm³/mol. The Balaban J connectivity index is 0. The third-order valence-corrected chi connectivity index (χ3v) is 1.72. The van der Waals surface area contributed by atoms with E-state index in [9.17, 15) is 4.79 Å². The van der Waals surface area contributed by atoms with Crippen molar-refractivity contribution in [2.24, 2.45) is 5.73 Å². The van der Waals surface area contributed by atoms with Crippen molar-refractivity contribution in [2.75, 3.05) is 13.2 Å². The van der Waals surface area contributed by atoms with Crippen LogP contribution in [0.15, 0.2) is 12.2 Å². The molecule has 0 spiro atoms. The fraction of sp³-hybridized carbons (Fsp3) is 0.750. The zero-order valence-electron chi connectivity index (χ0n) is 10.7. The number of ether oxygens (including phenoxy) is 1. The Morgan fingerprint density at radius 1 is 1.44 bits per heavy atom. The van der Waals surface area contributed by atoms with Crippen molar-refractivity contribution in [3.63, 3.8) is 0 Å². The number of carbonyl (C=O) groups is 1. The smallest absolute Gasteiger partial charge is 0.320 e. The molecular formula is C12H25NO3. The van der Waals surface area contributed by atoms with Crippen LogP contribution in [0.1, 0.15) is 40.0 Å². The standard InChI is InChI=1S/C10H19NO3.C2H6/c1-8(2)7-14-6-4-3-5-9(11)10(12)13;1-2/h9H,1,3-7,11H2,2H3,(H,12,13);1-2H3. The summed E-state index contributed by atoms with van der Waals surface area (Å²) in [7, 11) is 0. The summed E-state index contributed by atoms with van der Waals surface area (Å²) in [6.07, 6.45) is 2.13. The molecule has 1 atom stereocenters. The van der Waals surface area contributed by atoms with Gasteiger partial charge in [-0.1, -0.05) is 26.0 Å². The molecule has 1 unspecified atom stereocenters. The molecule has 0 saturated heterocycles. The number of rotatable bonds is 8. The van der Waals surface area contributed by atoms with Gasteiger partial charge in [-0.05, 0) is 26.2 Å². The van der Waals surface area contributed by atoms with E-state index in [4.69, 9.17) is 15.6 Å². The molecule has 0 heterocycles. The summed E-state index contributed by atoms with van der Waals surface area (Å²) in [5.74, 6) is -0.937. The highest BCUT2D eigenvalue weighted by molar-refractivity contribution is 5.72. The molecule has 4 nitrogen and oxygen atoms in total. The average molecular weight is 231 g/mol. The fourth-order valence-electron chi connectivity index (χ4n) is 0.938. The Labute approximate surface area is 98.5 Å². The maximum atomic E-state index is 10.3. The van der Waals surface area contributed by atoms with Gasteiger partial charge in [0.1, 0.15) is 6.04 Å². The van der Waals surface area contributed by atoms with Crippen LogP contribution < -0.4 is 5.73 Å². The first kappa shape index (κ1) is 17.5. The van der Waals surface area contributed by atoms with Gasteiger partial charge < -0.3 is 15.6 Å². The van der Waals surface area contributed by atoms with Crippen LogP contribution in [0.4, 0.5) is 0 Å². The Kier molecular flexibility index (Phi) is 13.4. The third-order valence-electron chi connectivity index (χ3n) is 1.72. The number of unbranched alkanes of at least 4 members (excludes halogenated alkanes) is 1. The summed E-state index contributed by atoms with van der Waals surface area (Å²) >= 11 is 0. The number of carboxylic acids is 1. The van der Waals surface area contributed by atoms with Crippen LogP contribution in [0, 0.1) is 0 Å². The molecule has 3 N–H and O–H groups in total. The first-order chi connectivity index (χ1) is 7.54. The minimum atomic E-state index is -0.937. The normalized spacial score (nSPS) is 11.2. The van der Waals surface area contributed by atoms with Gasteiger partial charge in [0.2, 0.25) is 0 Å². The molecule has 0 rings (SSSR count). The maximum Gasteiger partial charge on any atom is 0.320 e. The molecule has 0 aromatic rings. The highest BCUT2D eigenvalue weighted by Gasteiger charge is 2.09. The summed E-state index contributed by atoms with van der Waals surface area (Å²) in [4.78, 5) is 10.3. The molecular weight excluding hydrogens is 206 g/mol. The Morgan fingerprint density at radius 3 is 2.44 bits per heavy atom. The lowest BCUT2D eigenvalue weighted by molar-refractivity contribution is -0.138. The van der Waals surface area contributed by atoms with Crippen molar-refractivity contribution in [1.29, 1.82) is 0 Å². The number of hydrogen-bond acceptors (Lipinski definition) is 3. The zero-order chi connectivity index (χ0) is 13.0. The van der Waals surface area contributed by atoms with Gasteiger partial charge in [-0.25, -0.2) is 0 Å². The molecule has 0 aliphatic carbocycles. The van der Waals surface area contributed by atoms with E-state index in [1.807, 2.05) is 20.8 Å². The van der Waals surface area contributed by atoms with Crippen LogP contribution in [0.5, 0.6) is 0 Å². The van der Waals surface area contributed by atoms with E-state index in [0.29, 0.717) is 19.6 Å². The summed E-state index contributed by atoms with van der Waals surface area (Å²) in [5, 5.41) is 8.49. The average Bonchev–Trinajstić information content (AvgIpc) is 2.25. The van der Waals surface area contributed by atoms with Gasteiger partial charge in [-0.2, -0.15) is 0 Å². The van der Waals surface area contributed by atoms with Gasteiger partial charge in [-0.15, -0.1) is 0 Å². The van der Waals surface area contributed by atoms with Crippen molar-refractivity contribution in [3.05, 3.63) is 12.2 Å². The molecule has 4 heteroatoms. The number of carboxylic acid groups (broad SMARTS) is 1. The van der Waals surface area contributed by atoms with Crippen molar-refractivity contribution in [1.82, 2.24) is 0 Å². The monoisotopic (exact) mass is 231 g/mol. The summed E-state index contributed by atoms with van der Waals surface area (Å²) < 4.78 is 5.25. The zero-order valence-corrected chi connectivity index (χ0v) is 10.7. The van der Waals surface area contributed by atoms with Crippen LogP contribution in [0.2, 0.25) is 0 Å². The molecule has 0 saturated carbocycles. The van der Waals surface area contributed by atoms with Crippen molar-refractivity contribution in [3.8, 4) is 0 Å². The van der Waals surface area contributed by atoms with Crippen LogP contribution >= 0.6 is 0 Å². The molecule has 0 radical (unpaired) electrons. The van der Waals surface area contributed by atoms with Gasteiger partial charge in [0.05, 0.1) is 6.61 Å². The van der Waals surface area contributed by atoms with Gasteiger partial charge >= 0.3 is 5.97 Å². The molecule has 0 fully saturated rings. The highest BCUT2D eigenvalue weighted by atomic mass is 16.5. The second-order valence-corrected chi connectivity index (χ2v) is 3.45. The largest absolute Gasteiger partial charge is 0.480 e. The minimum absolute atomic E-state index is 0.506. The third kappa shape index (κ3) is 13.1. The molecule has 0 bridgehead atoms. The van der Waals surface area contributed by atoms with Crippen LogP contribution in [0.25, 0.3) is 0 Å². The summed E-state index contributed by atoms with van der Waals surface area (Å²) in [5.41, 5.74) is 6.32. The van der Waals surface area contributed by atoms with E-state index in [-0.39, 0.29) is 0 Å². The molecule has 0 aliphatic heterocycles. The van der Waals surface area contributed by atoms with Gasteiger partial charge in [-0.3, -0.25) is 4.79 Å². The number of aliphatic carboxylic acids is 1. The summed E-state index contributed by atoms with van der Waals surface area (Å²) in [6, 6.07) is -0.740. The second-order valence-electron chi connectivity index (χ2n) is 3.45. The van der Waals surface area contributed by atoms with Crippen LogP contribution in [-0.2, 0) is 9.53 Å². The molecule has 0 amide bonds. The fourth-order valence-corrected chi connectivity index (χ4v) is 0.938. The van der Waals surface area contributed by atoms with E-state index in [1.165, 1.54) is 0 Å². The maximum absolute atomic E-state index is 10.3. The van der Waals surface area contributed by atoms with Crippen molar-refractivity contribution in [2.45, 2.75) is 46.1 Å². The van der Waals surface area contributed by atoms with E-state index in [0.717, 1.165) is 18.4 Å². The Bertz CT molecular complexity index is 193. The predicted octanol–water partition coefficient (Wildman–Crippen LogP) is 2.19. The van der Waals surface area contributed by atoms with Gasteiger partial charge in [0.25, 0.3) is 0 Å². The van der Waals surface area contributed by atoms with Gasteiger partial charge in [0.15, 0.2) is 0 Å². The topological polar surface area (TPSA) is 72.5 Å². The first-order valence-electron chi connectivity index (χ1n) is 5.74. The lowest BCUT2D eigenvalue weighted by Gasteiger charge is -2.06. The van der Waals surface area contributed by atoms with E-state index < -0.39 is 12.0 Å². The van der Waals surface area contributed by atoms with E-state index in [2.05, 4.69) is 6.58 Å².